The van der Waals surface area contributed by atoms with Gasteiger partial charge in [0.25, 0.3) is 5.91 Å². The van der Waals surface area contributed by atoms with Crippen LogP contribution in [-0.2, 0) is 30.8 Å². The molecule has 5 aromatic rings. The number of nitrogens with zero attached hydrogens (tertiary/aromatic N) is 4. The lowest BCUT2D eigenvalue weighted by molar-refractivity contribution is 0.0600. The standard InChI is InChI=1S/C45H40N4O8/c1-48-33(16-29-9-5-7-11-38(29)48)22-46-36-20-42(40(53-2)18-32(36)24-50)56-25-27-13-28(15-31(14-27)45(52)55-4)26-57-43-21-37-35(19-41(43)54-3)44(51)49-34(23-47-37)17-30-10-6-8-12-39(30)49/h5-15,18-24,33-34H,16-17,25-26H2,1-4H3/t33?,34-/m0/s1. The molecule has 3 aliphatic rings. The molecule has 1 amide bonds. The number of benzene rings is 5. The Bertz CT molecular complexity index is 2460. The minimum atomic E-state index is -0.528. The maximum atomic E-state index is 13.9. The van der Waals surface area contributed by atoms with E-state index in [0.29, 0.717) is 68.6 Å². The molecule has 57 heavy (non-hydrogen) atoms. The second-order valence-electron chi connectivity index (χ2n) is 13.9. The van der Waals surface area contributed by atoms with Crippen LogP contribution in [0.3, 0.4) is 0 Å². The van der Waals surface area contributed by atoms with Crippen molar-refractivity contribution in [3.8, 4) is 23.0 Å². The average Bonchev–Trinajstić information content (AvgIpc) is 3.74. The van der Waals surface area contributed by atoms with Crippen molar-refractivity contribution in [2.24, 2.45) is 9.98 Å². The van der Waals surface area contributed by atoms with E-state index in [9.17, 15) is 14.4 Å². The number of esters is 1. The highest BCUT2D eigenvalue weighted by Crippen LogP contribution is 2.41. The number of aldehydes is 1. The molecule has 2 atom stereocenters. The highest BCUT2D eigenvalue weighted by molar-refractivity contribution is 6.14. The molecule has 3 aliphatic heterocycles. The van der Waals surface area contributed by atoms with Crippen LogP contribution >= 0.6 is 0 Å². The Kier molecular flexibility index (Phi) is 10.2. The summed E-state index contributed by atoms with van der Waals surface area (Å²) in [5.41, 5.74) is 7.64. The van der Waals surface area contributed by atoms with Gasteiger partial charge in [0.2, 0.25) is 0 Å². The number of aliphatic imine (C=N–C) groups is 2. The van der Waals surface area contributed by atoms with Crippen molar-refractivity contribution < 1.29 is 38.1 Å². The van der Waals surface area contributed by atoms with Gasteiger partial charge in [0, 0.05) is 55.0 Å². The third kappa shape index (κ3) is 7.17. The van der Waals surface area contributed by atoms with E-state index in [-0.39, 0.29) is 31.2 Å². The molecule has 12 nitrogen and oxygen atoms in total. The fourth-order valence-electron chi connectivity index (χ4n) is 7.61. The number of methoxy groups -OCH3 is 3. The zero-order valence-corrected chi connectivity index (χ0v) is 31.9. The number of hydrogen-bond acceptors (Lipinski definition) is 11. The lowest BCUT2D eigenvalue weighted by Crippen LogP contribution is -2.37. The smallest absolute Gasteiger partial charge is 0.337 e. The molecule has 0 aromatic heterocycles. The number of likely N-dealkylation sites (N-methyl/N-ethyl adjacent to an activating group) is 1. The Morgan fingerprint density at radius 2 is 1.46 bits per heavy atom. The predicted octanol–water partition coefficient (Wildman–Crippen LogP) is 7.51. The Morgan fingerprint density at radius 1 is 0.807 bits per heavy atom. The maximum absolute atomic E-state index is 13.9. The first-order valence-electron chi connectivity index (χ1n) is 18.4. The number of carbonyl (C=O) groups is 3. The summed E-state index contributed by atoms with van der Waals surface area (Å²) in [5.74, 6) is 0.777. The molecule has 288 valence electrons. The lowest BCUT2D eigenvalue weighted by Gasteiger charge is -2.22. The highest BCUT2D eigenvalue weighted by atomic mass is 16.5. The summed E-state index contributed by atoms with van der Waals surface area (Å²) in [4.78, 5) is 52.1. The average molecular weight is 765 g/mol. The van der Waals surface area contributed by atoms with Gasteiger partial charge < -0.3 is 28.6 Å². The third-order valence-electron chi connectivity index (χ3n) is 10.5. The number of fused-ring (bicyclic) bond motifs is 5. The SMILES string of the molecule is COC(=O)c1cc(COc2cc(N=CC3Cc4ccccc4N3C)c(C=O)cc2OC)cc(COc2cc3c(cc2OC)C(=O)N2c4ccccc4C[C@H]2C=N3)c1. The Morgan fingerprint density at radius 3 is 2.12 bits per heavy atom. The molecule has 0 fully saturated rings. The maximum Gasteiger partial charge on any atom is 0.337 e. The molecule has 0 N–H and O–H groups in total. The largest absolute Gasteiger partial charge is 0.493 e. The number of ether oxygens (including phenoxy) is 5. The highest BCUT2D eigenvalue weighted by Gasteiger charge is 2.36. The first-order chi connectivity index (χ1) is 27.8. The molecule has 0 saturated carbocycles. The van der Waals surface area contributed by atoms with Gasteiger partial charge >= 0.3 is 5.97 Å². The normalized spacial score (nSPS) is 16.4. The first kappa shape index (κ1) is 37.0. The van der Waals surface area contributed by atoms with E-state index >= 15 is 0 Å². The van der Waals surface area contributed by atoms with E-state index in [1.54, 1.807) is 47.5 Å². The minimum Gasteiger partial charge on any atom is -0.493 e. The summed E-state index contributed by atoms with van der Waals surface area (Å²) < 4.78 is 28.9. The van der Waals surface area contributed by atoms with Crippen LogP contribution in [0.2, 0.25) is 0 Å². The van der Waals surface area contributed by atoms with Crippen molar-refractivity contribution in [1.29, 1.82) is 0 Å². The molecule has 0 spiro atoms. The van der Waals surface area contributed by atoms with E-state index in [0.717, 1.165) is 29.6 Å². The monoisotopic (exact) mass is 764 g/mol. The van der Waals surface area contributed by atoms with Crippen LogP contribution in [0.4, 0.5) is 22.7 Å². The topological polar surface area (TPSA) is 129 Å². The summed E-state index contributed by atoms with van der Waals surface area (Å²) >= 11 is 0. The molecule has 3 heterocycles. The van der Waals surface area contributed by atoms with Crippen molar-refractivity contribution >= 4 is 53.3 Å². The van der Waals surface area contributed by atoms with Crippen LogP contribution in [0.15, 0.2) is 101 Å². The predicted molar refractivity (Wildman–Crippen MR) is 217 cm³/mol. The molecule has 12 heteroatoms. The number of anilines is 2. The van der Waals surface area contributed by atoms with Gasteiger partial charge in [-0.2, -0.15) is 0 Å². The van der Waals surface area contributed by atoms with E-state index in [1.807, 2.05) is 55.7 Å². The lowest BCUT2D eigenvalue weighted by atomic mass is 10.1. The van der Waals surface area contributed by atoms with Crippen LogP contribution in [-0.4, -0.2) is 71.1 Å². The van der Waals surface area contributed by atoms with E-state index < -0.39 is 5.97 Å². The summed E-state index contributed by atoms with van der Waals surface area (Å²) in [6.07, 6.45) is 5.87. The summed E-state index contributed by atoms with van der Waals surface area (Å²) in [7, 11) is 6.35. The van der Waals surface area contributed by atoms with Crippen LogP contribution in [0.1, 0.15) is 53.3 Å². The number of hydrogen-bond donors (Lipinski definition) is 0. The summed E-state index contributed by atoms with van der Waals surface area (Å²) in [5, 5.41) is 0. The van der Waals surface area contributed by atoms with Gasteiger partial charge in [-0.3, -0.25) is 24.5 Å². The molecular weight excluding hydrogens is 725 g/mol. The third-order valence-corrected chi connectivity index (χ3v) is 10.5. The van der Waals surface area contributed by atoms with Gasteiger partial charge in [0.1, 0.15) is 13.2 Å². The molecule has 1 unspecified atom stereocenters. The van der Waals surface area contributed by atoms with Crippen molar-refractivity contribution in [2.75, 3.05) is 38.2 Å². The van der Waals surface area contributed by atoms with Gasteiger partial charge in [-0.15, -0.1) is 0 Å². The van der Waals surface area contributed by atoms with Gasteiger partial charge in [-0.1, -0.05) is 36.4 Å². The Labute approximate surface area is 329 Å². The van der Waals surface area contributed by atoms with Crippen molar-refractivity contribution in [2.45, 2.75) is 38.1 Å². The zero-order valence-electron chi connectivity index (χ0n) is 31.9. The second kappa shape index (κ2) is 15.7. The van der Waals surface area contributed by atoms with Crippen LogP contribution in [0.25, 0.3) is 0 Å². The Hall–Kier alpha value is -6.95. The molecular formula is C45H40N4O8. The summed E-state index contributed by atoms with van der Waals surface area (Å²) in [6.45, 7) is 0.0840. The summed E-state index contributed by atoms with van der Waals surface area (Å²) in [6, 6.07) is 27.8. The van der Waals surface area contributed by atoms with Crippen molar-refractivity contribution in [1.82, 2.24) is 0 Å². The Balaban J connectivity index is 1.02. The van der Waals surface area contributed by atoms with Crippen LogP contribution in [0, 0.1) is 0 Å². The number of para-hydroxylation sites is 2. The molecule has 0 aliphatic carbocycles. The molecule has 8 rings (SSSR count). The van der Waals surface area contributed by atoms with Gasteiger partial charge in [0.05, 0.1) is 55.9 Å². The number of amides is 1. The van der Waals surface area contributed by atoms with E-state index in [1.165, 1.54) is 26.9 Å². The number of carbonyl (C=O) groups excluding carboxylic acids is 3. The van der Waals surface area contributed by atoms with Crippen LogP contribution in [0.5, 0.6) is 23.0 Å². The molecule has 0 radical (unpaired) electrons. The second-order valence-corrected chi connectivity index (χ2v) is 13.9. The molecule has 0 bridgehead atoms. The van der Waals surface area contributed by atoms with Gasteiger partial charge in [-0.25, -0.2) is 4.79 Å². The quantitative estimate of drug-likeness (QED) is 0.0720. The molecule has 5 aromatic carbocycles. The fraction of sp³-hybridized carbons (Fsp3) is 0.222. The van der Waals surface area contributed by atoms with Gasteiger partial charge in [-0.05, 0) is 71.1 Å². The number of rotatable bonds is 12. The van der Waals surface area contributed by atoms with Crippen LogP contribution < -0.4 is 28.7 Å². The first-order valence-corrected chi connectivity index (χ1v) is 18.4. The van der Waals surface area contributed by atoms with E-state index in [4.69, 9.17) is 33.7 Å². The fourth-order valence-corrected chi connectivity index (χ4v) is 7.61. The zero-order chi connectivity index (χ0) is 39.6. The van der Waals surface area contributed by atoms with Crippen molar-refractivity contribution in [3.63, 3.8) is 0 Å². The van der Waals surface area contributed by atoms with Gasteiger partial charge in [0.15, 0.2) is 29.3 Å². The minimum absolute atomic E-state index is 0.0203. The van der Waals surface area contributed by atoms with E-state index in [2.05, 4.69) is 17.0 Å². The van der Waals surface area contributed by atoms with Crippen molar-refractivity contribution in [3.05, 3.63) is 130 Å². The molecule has 0 saturated heterocycles.